The van der Waals surface area contributed by atoms with Crippen molar-refractivity contribution in [2.75, 3.05) is 6.54 Å². The van der Waals surface area contributed by atoms with Gasteiger partial charge in [-0.1, -0.05) is 6.92 Å². The van der Waals surface area contributed by atoms with Crippen LogP contribution in [0.4, 0.5) is 13.2 Å². The molecule has 0 aromatic carbocycles. The Morgan fingerprint density at radius 3 is 2.67 bits per heavy atom. The molecule has 4 nitrogen and oxygen atoms in total. The molecule has 1 aromatic rings. The molecule has 0 aliphatic rings. The molecule has 1 amide bonds. The summed E-state index contributed by atoms with van der Waals surface area (Å²) >= 11 is 0.861. The lowest BCUT2D eigenvalue weighted by atomic mass is 10.2. The maximum atomic E-state index is 12.2. The van der Waals surface area contributed by atoms with Gasteiger partial charge in [0.05, 0.1) is 6.54 Å². The summed E-state index contributed by atoms with van der Waals surface area (Å²) in [5.41, 5.74) is 4.35. The number of halogens is 4. The third-order valence-corrected chi connectivity index (χ3v) is 2.91. The fourth-order valence-electron chi connectivity index (χ4n) is 0.966. The van der Waals surface area contributed by atoms with Crippen molar-refractivity contribution in [2.24, 2.45) is 11.7 Å². The van der Waals surface area contributed by atoms with Gasteiger partial charge in [-0.05, 0) is 0 Å². The number of nitrogens with two attached hydrogens (primary N) is 1. The van der Waals surface area contributed by atoms with Gasteiger partial charge in [-0.25, -0.2) is 4.98 Å². The van der Waals surface area contributed by atoms with Gasteiger partial charge in [0.1, 0.15) is 5.01 Å². The number of hydrogen-bond acceptors (Lipinski definition) is 4. The Bertz CT molecular complexity index is 397. The quantitative estimate of drug-likeness (QED) is 0.891. The average Bonchev–Trinajstić information content (AvgIpc) is 2.72. The SMILES string of the molecule is CC(CN)C(=O)NCc1nc(C(F)(F)F)cs1.Cl. The maximum Gasteiger partial charge on any atom is 0.434 e. The fraction of sp³-hybridized carbons (Fsp3) is 0.556. The van der Waals surface area contributed by atoms with E-state index in [9.17, 15) is 18.0 Å². The van der Waals surface area contributed by atoms with E-state index in [1.165, 1.54) is 0 Å². The summed E-state index contributed by atoms with van der Waals surface area (Å²) < 4.78 is 36.7. The smallest absolute Gasteiger partial charge is 0.349 e. The molecule has 1 heterocycles. The van der Waals surface area contributed by atoms with Crippen molar-refractivity contribution in [3.63, 3.8) is 0 Å². The van der Waals surface area contributed by atoms with E-state index in [1.807, 2.05) is 0 Å². The Labute approximate surface area is 112 Å². The van der Waals surface area contributed by atoms with Crippen LogP contribution in [0.5, 0.6) is 0 Å². The first-order valence-corrected chi connectivity index (χ1v) is 5.72. The summed E-state index contributed by atoms with van der Waals surface area (Å²) in [4.78, 5) is 14.7. The fourth-order valence-corrected chi connectivity index (χ4v) is 1.71. The number of amides is 1. The van der Waals surface area contributed by atoms with Gasteiger partial charge >= 0.3 is 6.18 Å². The minimum Gasteiger partial charge on any atom is -0.349 e. The largest absolute Gasteiger partial charge is 0.434 e. The zero-order valence-corrected chi connectivity index (χ0v) is 11.1. The van der Waals surface area contributed by atoms with E-state index >= 15 is 0 Å². The van der Waals surface area contributed by atoms with Crippen LogP contribution in [0.3, 0.4) is 0 Å². The zero-order chi connectivity index (χ0) is 13.1. The van der Waals surface area contributed by atoms with Gasteiger partial charge in [-0.15, -0.1) is 23.7 Å². The second kappa shape index (κ2) is 6.91. The summed E-state index contributed by atoms with van der Waals surface area (Å²) in [5, 5.41) is 3.62. The molecule has 1 rings (SSSR count). The summed E-state index contributed by atoms with van der Waals surface area (Å²) in [6.07, 6.45) is -4.44. The highest BCUT2D eigenvalue weighted by atomic mass is 35.5. The van der Waals surface area contributed by atoms with Crippen molar-refractivity contribution in [1.82, 2.24) is 10.3 Å². The Balaban J connectivity index is 0.00000289. The molecule has 1 atom stereocenters. The minimum absolute atomic E-state index is 0. The third kappa shape index (κ3) is 4.79. The monoisotopic (exact) mass is 303 g/mol. The number of aromatic nitrogens is 1. The Morgan fingerprint density at radius 2 is 2.22 bits per heavy atom. The predicted molar refractivity (Wildman–Crippen MR) is 64.4 cm³/mol. The van der Waals surface area contributed by atoms with Gasteiger partial charge in [-0.2, -0.15) is 13.2 Å². The molecule has 0 spiro atoms. The number of hydrogen-bond donors (Lipinski definition) is 2. The average molecular weight is 304 g/mol. The molecule has 0 bridgehead atoms. The van der Waals surface area contributed by atoms with Gasteiger partial charge in [-0.3, -0.25) is 4.79 Å². The van der Waals surface area contributed by atoms with Crippen LogP contribution in [-0.4, -0.2) is 17.4 Å². The van der Waals surface area contributed by atoms with E-state index < -0.39 is 11.9 Å². The number of carbonyl (C=O) groups is 1. The highest BCUT2D eigenvalue weighted by molar-refractivity contribution is 7.09. The van der Waals surface area contributed by atoms with Crippen molar-refractivity contribution in [2.45, 2.75) is 19.6 Å². The Kier molecular flexibility index (Phi) is 6.58. The predicted octanol–water partition coefficient (Wildman–Crippen LogP) is 1.79. The van der Waals surface area contributed by atoms with Gasteiger partial charge in [0.25, 0.3) is 0 Å². The highest BCUT2D eigenvalue weighted by Crippen LogP contribution is 2.29. The first kappa shape index (κ1) is 17.1. The normalized spacial score (nSPS) is 12.7. The van der Waals surface area contributed by atoms with Gasteiger partial charge in [0.2, 0.25) is 5.91 Å². The lowest BCUT2D eigenvalue weighted by molar-refractivity contribution is -0.140. The molecule has 9 heteroatoms. The van der Waals surface area contributed by atoms with Crippen LogP contribution in [0.2, 0.25) is 0 Å². The molecular weight excluding hydrogens is 291 g/mol. The van der Waals surface area contributed by atoms with Crippen molar-refractivity contribution in [1.29, 1.82) is 0 Å². The number of alkyl halides is 3. The second-order valence-corrected chi connectivity index (χ2v) is 4.42. The van der Waals surface area contributed by atoms with E-state index in [2.05, 4.69) is 10.3 Å². The highest BCUT2D eigenvalue weighted by Gasteiger charge is 2.33. The standard InChI is InChI=1S/C9H12F3N3OS.ClH/c1-5(2-13)8(16)14-3-7-15-6(4-17-7)9(10,11)12;/h4-5H,2-3,13H2,1H3,(H,14,16);1H. The third-order valence-electron chi connectivity index (χ3n) is 2.06. The zero-order valence-electron chi connectivity index (χ0n) is 9.45. The number of carbonyl (C=O) groups excluding carboxylic acids is 1. The van der Waals surface area contributed by atoms with E-state index in [4.69, 9.17) is 5.73 Å². The van der Waals surface area contributed by atoms with Crippen LogP contribution >= 0.6 is 23.7 Å². The van der Waals surface area contributed by atoms with Crippen LogP contribution in [0.25, 0.3) is 0 Å². The molecule has 18 heavy (non-hydrogen) atoms. The molecule has 1 aromatic heterocycles. The van der Waals surface area contributed by atoms with Crippen molar-refractivity contribution < 1.29 is 18.0 Å². The topological polar surface area (TPSA) is 68.0 Å². The lowest BCUT2D eigenvalue weighted by Crippen LogP contribution is -2.32. The summed E-state index contributed by atoms with van der Waals surface area (Å²) in [6, 6.07) is 0. The molecule has 0 saturated heterocycles. The number of nitrogens with one attached hydrogen (secondary N) is 1. The number of rotatable bonds is 4. The summed E-state index contributed by atoms with van der Waals surface area (Å²) in [6.45, 7) is 1.82. The molecule has 0 fully saturated rings. The molecule has 0 aliphatic carbocycles. The van der Waals surface area contributed by atoms with Crippen LogP contribution in [-0.2, 0) is 17.5 Å². The molecular formula is C9H13ClF3N3OS. The van der Waals surface area contributed by atoms with Crippen LogP contribution in [0.15, 0.2) is 5.38 Å². The second-order valence-electron chi connectivity index (χ2n) is 3.48. The Morgan fingerprint density at radius 1 is 1.61 bits per heavy atom. The minimum atomic E-state index is -4.44. The first-order valence-electron chi connectivity index (χ1n) is 4.84. The van der Waals surface area contributed by atoms with Gasteiger partial charge in [0, 0.05) is 17.8 Å². The van der Waals surface area contributed by atoms with E-state index in [1.54, 1.807) is 6.92 Å². The lowest BCUT2D eigenvalue weighted by Gasteiger charge is -2.08. The maximum absolute atomic E-state index is 12.2. The van der Waals surface area contributed by atoms with Crippen molar-refractivity contribution in [3.05, 3.63) is 16.1 Å². The van der Waals surface area contributed by atoms with E-state index in [0.29, 0.717) is 0 Å². The molecule has 0 saturated carbocycles. The van der Waals surface area contributed by atoms with Gasteiger partial charge < -0.3 is 11.1 Å². The molecule has 0 aliphatic heterocycles. The van der Waals surface area contributed by atoms with E-state index in [-0.39, 0.29) is 42.3 Å². The number of thiazole rings is 1. The molecule has 0 radical (unpaired) electrons. The molecule has 104 valence electrons. The summed E-state index contributed by atoms with van der Waals surface area (Å²) in [7, 11) is 0. The van der Waals surface area contributed by atoms with Crippen LogP contribution in [0.1, 0.15) is 17.6 Å². The van der Waals surface area contributed by atoms with Crippen LogP contribution in [0, 0.1) is 5.92 Å². The first-order chi connectivity index (χ1) is 7.84. The van der Waals surface area contributed by atoms with E-state index in [0.717, 1.165) is 16.7 Å². The number of nitrogens with zero attached hydrogens (tertiary/aromatic N) is 1. The Hall–Kier alpha value is -0.860. The van der Waals surface area contributed by atoms with Gasteiger partial charge in [0.15, 0.2) is 5.69 Å². The summed E-state index contributed by atoms with van der Waals surface area (Å²) in [5.74, 6) is -0.659. The van der Waals surface area contributed by atoms with Crippen molar-refractivity contribution in [3.8, 4) is 0 Å². The molecule has 3 N–H and O–H groups in total. The van der Waals surface area contributed by atoms with Crippen molar-refractivity contribution >= 4 is 29.7 Å². The van der Waals surface area contributed by atoms with Crippen LogP contribution < -0.4 is 11.1 Å². The molecule has 1 unspecified atom stereocenters.